The first kappa shape index (κ1) is 17.3. The fourth-order valence-corrected chi connectivity index (χ4v) is 3.69. The smallest absolute Gasteiger partial charge is 0.267 e. The van der Waals surface area contributed by atoms with Crippen LogP contribution in [0.2, 0.25) is 0 Å². The number of carbonyl (C=O) groups is 2. The monoisotopic (exact) mass is 366 g/mol. The molecule has 1 aliphatic rings. The molecule has 1 fully saturated rings. The van der Waals surface area contributed by atoms with Gasteiger partial charge < -0.3 is 15.2 Å². The van der Waals surface area contributed by atoms with Gasteiger partial charge in [0.2, 0.25) is 0 Å². The Kier molecular flexibility index (Phi) is 4.62. The number of hydrogen-bond acceptors (Lipinski definition) is 4. The molecule has 8 nitrogen and oxygen atoms in total. The molecule has 0 unspecified atom stereocenters. The Morgan fingerprint density at radius 3 is 3.04 bits per heavy atom. The second-order valence-corrected chi connectivity index (χ2v) is 6.82. The first-order valence-electron chi connectivity index (χ1n) is 9.19. The van der Waals surface area contributed by atoms with Gasteiger partial charge in [-0.25, -0.2) is 9.50 Å². The van der Waals surface area contributed by atoms with Crippen molar-refractivity contribution in [3.8, 4) is 0 Å². The minimum atomic E-state index is -0.102. The van der Waals surface area contributed by atoms with Gasteiger partial charge in [-0.1, -0.05) is 6.92 Å². The maximum atomic E-state index is 13.0. The molecule has 8 heteroatoms. The summed E-state index contributed by atoms with van der Waals surface area (Å²) < 4.78 is 1.61. The molecule has 3 aromatic rings. The van der Waals surface area contributed by atoms with Crippen LogP contribution in [0.4, 0.5) is 0 Å². The number of hydrogen-bond donors (Lipinski definition) is 2. The third-order valence-corrected chi connectivity index (χ3v) is 5.21. The summed E-state index contributed by atoms with van der Waals surface area (Å²) in [6, 6.07) is 5.39. The van der Waals surface area contributed by atoms with Gasteiger partial charge in [-0.2, -0.15) is 5.10 Å². The number of amides is 2. The van der Waals surface area contributed by atoms with Gasteiger partial charge in [0.05, 0.1) is 6.20 Å². The zero-order valence-corrected chi connectivity index (χ0v) is 15.1. The van der Waals surface area contributed by atoms with E-state index < -0.39 is 0 Å². The SMILES string of the molecule is CC[C@@H]1CN(C(=O)c2cnn3cccnc23)CC[C@@H]1NC(=O)c1ccc[nH]1. The van der Waals surface area contributed by atoms with E-state index in [-0.39, 0.29) is 23.8 Å². The van der Waals surface area contributed by atoms with Crippen LogP contribution in [0, 0.1) is 5.92 Å². The summed E-state index contributed by atoms with van der Waals surface area (Å²) in [5.74, 6) is 0.0442. The largest absolute Gasteiger partial charge is 0.357 e. The van der Waals surface area contributed by atoms with Crippen LogP contribution in [0.1, 0.15) is 40.6 Å². The molecule has 0 bridgehead atoms. The third-order valence-electron chi connectivity index (χ3n) is 5.21. The Morgan fingerprint density at radius 2 is 2.26 bits per heavy atom. The highest BCUT2D eigenvalue weighted by Crippen LogP contribution is 2.23. The van der Waals surface area contributed by atoms with E-state index in [1.54, 1.807) is 47.5 Å². The molecule has 0 aliphatic carbocycles. The molecular formula is C19H22N6O2. The molecule has 1 saturated heterocycles. The number of nitrogens with zero attached hydrogens (tertiary/aromatic N) is 4. The van der Waals surface area contributed by atoms with E-state index in [4.69, 9.17) is 0 Å². The van der Waals surface area contributed by atoms with E-state index >= 15 is 0 Å². The molecule has 4 heterocycles. The maximum absolute atomic E-state index is 13.0. The lowest BCUT2D eigenvalue weighted by Crippen LogP contribution is -2.52. The molecule has 0 aromatic carbocycles. The second-order valence-electron chi connectivity index (χ2n) is 6.82. The van der Waals surface area contributed by atoms with Crippen LogP contribution >= 0.6 is 0 Å². The fraction of sp³-hybridized carbons (Fsp3) is 0.368. The molecule has 0 spiro atoms. The van der Waals surface area contributed by atoms with Crippen molar-refractivity contribution in [2.75, 3.05) is 13.1 Å². The Labute approximate surface area is 156 Å². The molecule has 27 heavy (non-hydrogen) atoms. The number of carbonyl (C=O) groups excluding carboxylic acids is 2. The predicted octanol–water partition coefficient (Wildman–Crippen LogP) is 1.73. The van der Waals surface area contributed by atoms with Crippen LogP contribution in [0.25, 0.3) is 5.65 Å². The number of aromatic amines is 1. The highest BCUT2D eigenvalue weighted by molar-refractivity contribution is 5.99. The van der Waals surface area contributed by atoms with Crippen LogP contribution in [0.3, 0.4) is 0 Å². The Hall–Kier alpha value is -3.16. The number of piperidine rings is 1. The van der Waals surface area contributed by atoms with Crippen molar-refractivity contribution in [3.63, 3.8) is 0 Å². The van der Waals surface area contributed by atoms with Crippen LogP contribution < -0.4 is 5.32 Å². The number of rotatable bonds is 4. The fourth-order valence-electron chi connectivity index (χ4n) is 3.69. The summed E-state index contributed by atoms with van der Waals surface area (Å²) in [5, 5.41) is 7.31. The first-order chi connectivity index (χ1) is 13.2. The van der Waals surface area contributed by atoms with Crippen molar-refractivity contribution >= 4 is 17.5 Å². The van der Waals surface area contributed by atoms with Crippen molar-refractivity contribution in [1.29, 1.82) is 0 Å². The lowest BCUT2D eigenvalue weighted by Gasteiger charge is -2.38. The second kappa shape index (κ2) is 7.22. The van der Waals surface area contributed by atoms with E-state index in [0.717, 1.165) is 12.8 Å². The lowest BCUT2D eigenvalue weighted by atomic mass is 9.89. The van der Waals surface area contributed by atoms with Gasteiger partial charge in [0.25, 0.3) is 11.8 Å². The van der Waals surface area contributed by atoms with Gasteiger partial charge >= 0.3 is 0 Å². The van der Waals surface area contributed by atoms with Crippen molar-refractivity contribution in [3.05, 3.63) is 54.2 Å². The molecule has 1 aliphatic heterocycles. The number of fused-ring (bicyclic) bond motifs is 1. The minimum absolute atomic E-state index is 0.0527. The minimum Gasteiger partial charge on any atom is -0.357 e. The van der Waals surface area contributed by atoms with Crippen LogP contribution in [-0.4, -0.2) is 55.4 Å². The standard InChI is InChI=1S/C19H22N6O2/c1-2-13-12-24(10-6-15(13)23-18(26)16-5-3-7-20-16)19(27)14-11-22-25-9-4-8-21-17(14)25/h3-5,7-9,11,13,15,20H,2,6,10,12H2,1H3,(H,23,26)/t13-,15+/m1/s1. The van der Waals surface area contributed by atoms with E-state index in [9.17, 15) is 9.59 Å². The topological polar surface area (TPSA) is 95.4 Å². The van der Waals surface area contributed by atoms with Crippen molar-refractivity contribution in [1.82, 2.24) is 29.8 Å². The average Bonchev–Trinajstić information content (AvgIpc) is 3.37. The van der Waals surface area contributed by atoms with E-state index in [2.05, 4.69) is 27.3 Å². The van der Waals surface area contributed by atoms with Gasteiger partial charge in [0.15, 0.2) is 5.65 Å². The third kappa shape index (κ3) is 3.30. The van der Waals surface area contributed by atoms with Crippen LogP contribution in [0.15, 0.2) is 43.0 Å². The Morgan fingerprint density at radius 1 is 1.37 bits per heavy atom. The molecule has 4 rings (SSSR count). The molecule has 3 aromatic heterocycles. The van der Waals surface area contributed by atoms with Gasteiger partial charge in [0, 0.05) is 37.7 Å². The predicted molar refractivity (Wildman–Crippen MR) is 99.3 cm³/mol. The Balaban J connectivity index is 1.46. The Bertz CT molecular complexity index is 948. The summed E-state index contributed by atoms with van der Waals surface area (Å²) in [6.07, 6.45) is 8.35. The molecule has 2 amide bonds. The first-order valence-corrected chi connectivity index (χ1v) is 9.19. The van der Waals surface area contributed by atoms with Gasteiger partial charge in [-0.05, 0) is 37.0 Å². The van der Waals surface area contributed by atoms with Gasteiger partial charge in [-0.15, -0.1) is 0 Å². The zero-order chi connectivity index (χ0) is 18.8. The summed E-state index contributed by atoms with van der Waals surface area (Å²) in [4.78, 5) is 34.4. The molecular weight excluding hydrogens is 344 g/mol. The number of H-pyrrole nitrogens is 1. The highest BCUT2D eigenvalue weighted by Gasteiger charge is 2.33. The average molecular weight is 366 g/mol. The quantitative estimate of drug-likeness (QED) is 0.735. The zero-order valence-electron chi connectivity index (χ0n) is 15.1. The van der Waals surface area contributed by atoms with Crippen LogP contribution in [-0.2, 0) is 0 Å². The summed E-state index contributed by atoms with van der Waals surface area (Å²) in [7, 11) is 0. The van der Waals surface area contributed by atoms with E-state index in [1.807, 2.05) is 4.90 Å². The summed E-state index contributed by atoms with van der Waals surface area (Å²) in [6.45, 7) is 3.29. The van der Waals surface area contributed by atoms with E-state index in [1.165, 1.54) is 0 Å². The molecule has 0 radical (unpaired) electrons. The molecule has 140 valence electrons. The summed E-state index contributed by atoms with van der Waals surface area (Å²) in [5.41, 5.74) is 1.64. The lowest BCUT2D eigenvalue weighted by molar-refractivity contribution is 0.0615. The van der Waals surface area contributed by atoms with Gasteiger partial charge in [-0.3, -0.25) is 9.59 Å². The van der Waals surface area contributed by atoms with Crippen molar-refractivity contribution in [2.24, 2.45) is 5.92 Å². The van der Waals surface area contributed by atoms with Crippen molar-refractivity contribution < 1.29 is 9.59 Å². The number of nitrogens with one attached hydrogen (secondary N) is 2. The number of likely N-dealkylation sites (tertiary alicyclic amines) is 1. The van der Waals surface area contributed by atoms with E-state index in [0.29, 0.717) is 30.0 Å². The van der Waals surface area contributed by atoms with Crippen LogP contribution in [0.5, 0.6) is 0 Å². The molecule has 2 atom stereocenters. The van der Waals surface area contributed by atoms with Crippen molar-refractivity contribution in [2.45, 2.75) is 25.8 Å². The number of aromatic nitrogens is 4. The maximum Gasteiger partial charge on any atom is 0.267 e. The van der Waals surface area contributed by atoms with Gasteiger partial charge in [0.1, 0.15) is 11.3 Å². The summed E-state index contributed by atoms with van der Waals surface area (Å²) >= 11 is 0. The highest BCUT2D eigenvalue weighted by atomic mass is 16.2. The molecule has 0 saturated carbocycles. The molecule has 2 N–H and O–H groups in total. The normalized spacial score (nSPS) is 20.0.